The summed E-state index contributed by atoms with van der Waals surface area (Å²) < 4.78 is 65.6. The van der Waals surface area contributed by atoms with Crippen molar-refractivity contribution in [3.8, 4) is 5.69 Å². The number of hydrogen-bond acceptors (Lipinski definition) is 6. The molecule has 0 bridgehead atoms. The molecule has 23 heavy (non-hydrogen) atoms. The van der Waals surface area contributed by atoms with Gasteiger partial charge < -0.3 is 5.73 Å². The molecule has 0 aliphatic carbocycles. The van der Waals surface area contributed by atoms with E-state index in [1.165, 1.54) is 18.7 Å². The van der Waals surface area contributed by atoms with E-state index in [4.69, 9.17) is 14.8 Å². The molecule has 0 saturated heterocycles. The topological polar surface area (TPSA) is 162 Å². The van der Waals surface area contributed by atoms with E-state index in [2.05, 4.69) is 0 Å². The number of nitrogen functional groups attached to an aromatic ring is 1. The molecule has 10 nitrogen and oxygen atoms in total. The zero-order valence-corrected chi connectivity index (χ0v) is 13.6. The average molecular weight is 363 g/mol. The van der Waals surface area contributed by atoms with Gasteiger partial charge in [-0.2, -0.15) is 16.8 Å². The smallest absolute Gasteiger partial charge is 0.294 e. The fourth-order valence-corrected chi connectivity index (χ4v) is 3.16. The van der Waals surface area contributed by atoms with Crippen LogP contribution in [0.2, 0.25) is 0 Å². The van der Waals surface area contributed by atoms with E-state index < -0.39 is 35.6 Å². The predicted octanol–water partition coefficient (Wildman–Crippen LogP) is -0.440. The van der Waals surface area contributed by atoms with E-state index in [-0.39, 0.29) is 11.4 Å². The van der Waals surface area contributed by atoms with Gasteiger partial charge in [-0.1, -0.05) is 0 Å². The van der Waals surface area contributed by atoms with Gasteiger partial charge in [0.15, 0.2) is 0 Å². The Morgan fingerprint density at radius 1 is 1.00 bits per heavy atom. The minimum absolute atomic E-state index is 0.113. The van der Waals surface area contributed by atoms with Crippen molar-refractivity contribution in [1.82, 2.24) is 9.36 Å². The number of anilines is 1. The molecule has 0 atom stereocenters. The monoisotopic (exact) mass is 363 g/mol. The highest BCUT2D eigenvalue weighted by atomic mass is 32.2. The molecule has 0 aliphatic heterocycles. The van der Waals surface area contributed by atoms with Gasteiger partial charge in [0.2, 0.25) is 0 Å². The van der Waals surface area contributed by atoms with Crippen molar-refractivity contribution in [1.29, 1.82) is 0 Å². The van der Waals surface area contributed by atoms with Gasteiger partial charge in [0, 0.05) is 7.05 Å². The van der Waals surface area contributed by atoms with Gasteiger partial charge in [-0.05, 0) is 25.1 Å². The minimum Gasteiger partial charge on any atom is -0.393 e. The molecule has 126 valence electrons. The molecule has 0 amide bonds. The van der Waals surface area contributed by atoms with Crippen LogP contribution in [0.3, 0.4) is 0 Å². The Bertz CT molecular complexity index is 1010. The first-order valence-electron chi connectivity index (χ1n) is 5.98. The summed E-state index contributed by atoms with van der Waals surface area (Å²) in [6, 6.07) is 2.33. The molecular formula is C11H13N3O7S2. The Morgan fingerprint density at radius 2 is 1.43 bits per heavy atom. The highest BCUT2D eigenvalue weighted by molar-refractivity contribution is 7.86. The van der Waals surface area contributed by atoms with Crippen LogP contribution in [0.4, 0.5) is 5.69 Å². The lowest BCUT2D eigenvalue weighted by molar-refractivity contribution is 0.480. The van der Waals surface area contributed by atoms with E-state index in [9.17, 15) is 21.6 Å². The fourth-order valence-electron chi connectivity index (χ4n) is 2.00. The number of benzene rings is 1. The van der Waals surface area contributed by atoms with Crippen molar-refractivity contribution in [2.24, 2.45) is 7.05 Å². The Kier molecular flexibility index (Phi) is 3.89. The first kappa shape index (κ1) is 17.2. The zero-order chi connectivity index (χ0) is 17.7. The normalized spacial score (nSPS) is 12.5. The number of nitrogens with two attached hydrogens (primary N) is 1. The maximum atomic E-state index is 12.1. The Hall–Kier alpha value is -2.15. The van der Waals surface area contributed by atoms with Crippen LogP contribution in [-0.4, -0.2) is 35.3 Å². The van der Waals surface area contributed by atoms with Crippen LogP contribution in [0.1, 0.15) is 5.69 Å². The summed E-state index contributed by atoms with van der Waals surface area (Å²) in [5, 5.41) is 0. The fraction of sp³-hybridized carbons (Fsp3) is 0.182. The lowest BCUT2D eigenvalue weighted by Crippen LogP contribution is -2.21. The van der Waals surface area contributed by atoms with E-state index in [0.717, 1.165) is 16.8 Å². The second kappa shape index (κ2) is 5.19. The van der Waals surface area contributed by atoms with E-state index >= 15 is 0 Å². The van der Waals surface area contributed by atoms with E-state index in [1.807, 2.05) is 0 Å². The van der Waals surface area contributed by atoms with Crippen LogP contribution in [0.15, 0.2) is 32.8 Å². The molecule has 1 aromatic carbocycles. The third kappa shape index (κ3) is 3.01. The van der Waals surface area contributed by atoms with E-state index in [0.29, 0.717) is 11.8 Å². The molecular weight excluding hydrogens is 350 g/mol. The van der Waals surface area contributed by atoms with Crippen LogP contribution in [0.5, 0.6) is 0 Å². The lowest BCUT2D eigenvalue weighted by Gasteiger charge is -2.11. The summed E-state index contributed by atoms with van der Waals surface area (Å²) in [7, 11) is -8.11. The Balaban J connectivity index is 2.95. The predicted molar refractivity (Wildman–Crippen MR) is 79.8 cm³/mol. The summed E-state index contributed by atoms with van der Waals surface area (Å²) in [4.78, 5) is 10.5. The van der Waals surface area contributed by atoms with Crippen molar-refractivity contribution in [2.75, 3.05) is 5.73 Å². The molecule has 1 aromatic heterocycles. The number of rotatable bonds is 3. The van der Waals surface area contributed by atoms with Crippen LogP contribution in [-0.2, 0) is 27.3 Å². The summed E-state index contributed by atoms with van der Waals surface area (Å²) in [6.07, 6.45) is 0. The molecule has 12 heteroatoms. The van der Waals surface area contributed by atoms with Crippen molar-refractivity contribution in [2.45, 2.75) is 16.7 Å². The van der Waals surface area contributed by atoms with Gasteiger partial charge in [0.05, 0.1) is 21.2 Å². The second-order valence-corrected chi connectivity index (χ2v) is 7.60. The Labute approximate surface area is 131 Å². The van der Waals surface area contributed by atoms with Gasteiger partial charge in [-0.15, -0.1) is 0 Å². The van der Waals surface area contributed by atoms with Crippen molar-refractivity contribution >= 4 is 25.9 Å². The molecule has 1 heterocycles. The quantitative estimate of drug-likeness (QED) is 0.618. The molecule has 2 aromatic rings. The highest BCUT2D eigenvalue weighted by Crippen LogP contribution is 2.22. The van der Waals surface area contributed by atoms with Crippen molar-refractivity contribution < 1.29 is 25.9 Å². The van der Waals surface area contributed by atoms with Crippen LogP contribution in [0, 0.1) is 6.92 Å². The molecule has 0 fully saturated rings. The third-order valence-corrected chi connectivity index (χ3v) is 4.97. The first-order valence-corrected chi connectivity index (χ1v) is 8.86. The van der Waals surface area contributed by atoms with Gasteiger partial charge in [-0.25, -0.2) is 4.68 Å². The van der Waals surface area contributed by atoms with Gasteiger partial charge in [0.25, 0.3) is 25.8 Å². The molecule has 0 aliphatic rings. The molecule has 0 unspecified atom stereocenters. The highest BCUT2D eigenvalue weighted by Gasteiger charge is 2.21. The molecule has 0 spiro atoms. The summed E-state index contributed by atoms with van der Waals surface area (Å²) in [6.45, 7) is 1.53. The maximum Gasteiger partial charge on any atom is 0.294 e. The molecule has 0 saturated carbocycles. The van der Waals surface area contributed by atoms with E-state index in [1.54, 1.807) is 0 Å². The van der Waals surface area contributed by atoms with Crippen LogP contribution < -0.4 is 11.3 Å². The number of hydrogen-bond donors (Lipinski definition) is 3. The largest absolute Gasteiger partial charge is 0.393 e. The standard InChI is InChI=1S/C11H13N3O7S2/c1-6-10(12)11(15)14(13(6)2)7-3-8(22(16,17)18)5-9(4-7)23(19,20)21/h3-5H,12H2,1-2H3,(H,16,17,18)(H,19,20,21). The molecule has 4 N–H and O–H groups in total. The van der Waals surface area contributed by atoms with Gasteiger partial charge >= 0.3 is 0 Å². The summed E-state index contributed by atoms with van der Waals surface area (Å²) in [5.74, 6) is 0. The lowest BCUT2D eigenvalue weighted by atomic mass is 10.3. The second-order valence-electron chi connectivity index (χ2n) is 4.75. The SMILES string of the molecule is Cc1c(N)c(=O)n(-c2cc(S(=O)(=O)O)cc(S(=O)(=O)O)c2)n1C. The van der Waals surface area contributed by atoms with Crippen molar-refractivity contribution in [3.63, 3.8) is 0 Å². The summed E-state index contributed by atoms with van der Waals surface area (Å²) in [5.41, 5.74) is 4.93. The van der Waals surface area contributed by atoms with Crippen LogP contribution in [0.25, 0.3) is 5.69 Å². The summed E-state index contributed by atoms with van der Waals surface area (Å²) >= 11 is 0. The minimum atomic E-state index is -4.78. The third-order valence-electron chi connectivity index (χ3n) is 3.30. The molecule has 2 rings (SSSR count). The van der Waals surface area contributed by atoms with Gasteiger partial charge in [0.1, 0.15) is 5.69 Å². The van der Waals surface area contributed by atoms with Gasteiger partial charge in [-0.3, -0.25) is 18.6 Å². The average Bonchev–Trinajstić information content (AvgIpc) is 2.60. The number of aromatic nitrogens is 2. The van der Waals surface area contributed by atoms with Crippen molar-refractivity contribution in [3.05, 3.63) is 34.2 Å². The Morgan fingerprint density at radius 3 is 1.74 bits per heavy atom. The molecule has 0 radical (unpaired) electrons. The number of nitrogens with zero attached hydrogens (tertiary/aromatic N) is 2. The zero-order valence-electron chi connectivity index (χ0n) is 12.0. The van der Waals surface area contributed by atoms with Crippen LogP contribution >= 0.6 is 0 Å². The first-order chi connectivity index (χ1) is 10.3. The maximum absolute atomic E-state index is 12.1.